The van der Waals surface area contributed by atoms with Crippen molar-refractivity contribution < 1.29 is 16.0 Å². The lowest BCUT2D eigenvalue weighted by Crippen LogP contribution is -2.19. The molecule has 0 heterocycles. The van der Waals surface area contributed by atoms with Gasteiger partial charge in [-0.3, -0.25) is 4.39 Å². The van der Waals surface area contributed by atoms with Gasteiger partial charge in [-0.2, -0.15) is 0 Å². The minimum absolute atomic E-state index is 0. The summed E-state index contributed by atoms with van der Waals surface area (Å²) in [4.78, 5) is 0. The first kappa shape index (κ1) is 38.8. The van der Waals surface area contributed by atoms with Gasteiger partial charge in [0.2, 0.25) is 0 Å². The number of hydrogen-bond donors (Lipinski definition) is 4. The molecular weight excluding hydrogens is 543 g/mol. The smallest absolute Gasteiger partial charge is 0.0785 e. The molecule has 6 heteroatoms. The first-order valence-electron chi connectivity index (χ1n) is 14.5. The summed E-state index contributed by atoms with van der Waals surface area (Å²) >= 11 is 3.46. The van der Waals surface area contributed by atoms with Crippen LogP contribution in [0.15, 0.2) is 60.7 Å². The van der Waals surface area contributed by atoms with Gasteiger partial charge in [-0.15, -0.1) is 0 Å². The number of aryl methyl sites for hydroxylation is 2. The molecule has 222 valence electrons. The minimum Gasteiger partial charge on any atom is -0.395 e. The van der Waals surface area contributed by atoms with Gasteiger partial charge in [0.1, 0.15) is 0 Å². The van der Waals surface area contributed by atoms with Crippen molar-refractivity contribution in [1.29, 1.82) is 0 Å². The van der Waals surface area contributed by atoms with Crippen molar-refractivity contribution >= 4 is 15.9 Å². The van der Waals surface area contributed by atoms with Gasteiger partial charge in [0.25, 0.3) is 0 Å². The Hall–Kier alpha value is -1.31. The second kappa shape index (κ2) is 37.8. The number of aliphatic hydroxyl groups is 2. The molecular formula is C32H58BrFN2O2. The average molecular weight is 603 g/mol. The van der Waals surface area contributed by atoms with E-state index in [9.17, 15) is 4.39 Å². The van der Waals surface area contributed by atoms with Gasteiger partial charge < -0.3 is 21.3 Å². The van der Waals surface area contributed by atoms with E-state index in [-0.39, 0.29) is 20.6 Å². The number of halogens is 2. The highest BCUT2D eigenvalue weighted by Gasteiger charge is 1.94. The highest BCUT2D eigenvalue weighted by molar-refractivity contribution is 9.09. The number of benzene rings is 2. The Bertz CT molecular complexity index is 655. The molecule has 5 N–H and O–H groups in total. The van der Waals surface area contributed by atoms with E-state index in [1.54, 1.807) is 0 Å². The summed E-state index contributed by atoms with van der Waals surface area (Å²) < 4.78 is 15.5. The van der Waals surface area contributed by atoms with Crippen LogP contribution in [0, 0.1) is 0 Å². The van der Waals surface area contributed by atoms with Crippen LogP contribution in [0.5, 0.6) is 0 Å². The van der Waals surface area contributed by atoms with Gasteiger partial charge in [0.05, 0.1) is 21.7 Å². The zero-order valence-corrected chi connectivity index (χ0v) is 24.5. The molecule has 2 rings (SSSR count). The summed E-state index contributed by atoms with van der Waals surface area (Å²) in [5.41, 5.74) is 7.71. The number of nitrogens with two attached hydrogens (primary N) is 1. The predicted octanol–water partition coefficient (Wildman–Crippen LogP) is 7.50. The molecule has 0 unspecified atom stereocenters. The molecule has 0 aliphatic heterocycles. The van der Waals surface area contributed by atoms with Crippen molar-refractivity contribution in [3.63, 3.8) is 0 Å². The molecule has 0 spiro atoms. The van der Waals surface area contributed by atoms with Crippen LogP contribution in [0.4, 0.5) is 4.39 Å². The zero-order chi connectivity index (χ0) is 28.4. The highest BCUT2D eigenvalue weighted by Crippen LogP contribution is 2.09. The Morgan fingerprint density at radius 3 is 1.50 bits per heavy atom. The second-order valence-corrected chi connectivity index (χ2v) is 9.47. The molecule has 0 amide bonds. The Balaban J connectivity index is -0.000000531. The topological polar surface area (TPSA) is 78.5 Å². The number of alkyl halides is 2. The lowest BCUT2D eigenvalue weighted by Gasteiger charge is -2.03. The van der Waals surface area contributed by atoms with Crippen molar-refractivity contribution in [2.24, 2.45) is 5.73 Å². The molecule has 0 saturated heterocycles. The summed E-state index contributed by atoms with van der Waals surface area (Å²) in [6, 6.07) is 21.5. The van der Waals surface area contributed by atoms with Crippen LogP contribution in [0.2, 0.25) is 0 Å². The zero-order valence-electron chi connectivity index (χ0n) is 23.9. The van der Waals surface area contributed by atoms with E-state index in [0.29, 0.717) is 6.54 Å². The van der Waals surface area contributed by atoms with Crippen LogP contribution >= 0.6 is 15.9 Å². The number of hydrogen-bond acceptors (Lipinski definition) is 4. The third kappa shape index (κ3) is 32.7. The summed E-state index contributed by atoms with van der Waals surface area (Å²) in [6.45, 7) is 2.49. The molecule has 0 aromatic heterocycles. The Kier molecular flexibility index (Phi) is 38.7. The van der Waals surface area contributed by atoms with E-state index < -0.39 is 7.15 Å². The predicted molar refractivity (Wildman–Crippen MR) is 170 cm³/mol. The summed E-state index contributed by atoms with van der Waals surface area (Å²) in [7, 11) is -1.00. The van der Waals surface area contributed by atoms with Crippen molar-refractivity contribution in [1.82, 2.24) is 5.32 Å². The van der Waals surface area contributed by atoms with E-state index >= 15 is 0 Å². The van der Waals surface area contributed by atoms with Gasteiger partial charge in [0.15, 0.2) is 0 Å². The van der Waals surface area contributed by atoms with Crippen molar-refractivity contribution in [2.75, 3.05) is 45.3 Å². The molecule has 0 atom stereocenters. The van der Waals surface area contributed by atoms with Crippen LogP contribution in [0.1, 0.15) is 84.1 Å². The van der Waals surface area contributed by atoms with Gasteiger partial charge >= 0.3 is 0 Å². The maximum Gasteiger partial charge on any atom is 0.0785 e. The van der Waals surface area contributed by atoms with Crippen LogP contribution < -0.4 is 11.1 Å². The monoisotopic (exact) mass is 601 g/mol. The molecule has 0 bridgehead atoms. The number of unbranched alkanes of at least 4 members (excludes halogenated alkanes) is 8. The highest BCUT2D eigenvalue weighted by atomic mass is 79.9. The van der Waals surface area contributed by atoms with E-state index in [1.165, 1.54) is 88.2 Å². The quantitative estimate of drug-likeness (QED) is 0.105. The first-order valence-corrected chi connectivity index (χ1v) is 14.9. The van der Waals surface area contributed by atoms with E-state index in [1.807, 2.05) is 0 Å². The molecule has 0 saturated carbocycles. The molecule has 4 nitrogen and oxygen atoms in total. The fourth-order valence-corrected chi connectivity index (χ4v) is 3.95. The lowest BCUT2D eigenvalue weighted by atomic mass is 10.1. The van der Waals surface area contributed by atoms with E-state index in [0.717, 1.165) is 18.4 Å². The maximum absolute atomic E-state index is 9.96. The van der Waals surface area contributed by atoms with Crippen LogP contribution in [0.25, 0.3) is 0 Å². The molecule has 0 radical (unpaired) electrons. The molecule has 0 fully saturated rings. The Morgan fingerprint density at radius 1 is 0.711 bits per heavy atom. The summed E-state index contributed by atoms with van der Waals surface area (Å²) in [5.74, 6) is 0. The summed E-state index contributed by atoms with van der Waals surface area (Å²) in [5, 5.41) is 20.7. The fraction of sp³-hybridized carbons (Fsp3) is 0.625. The molecule has 2 aromatic rings. The van der Waals surface area contributed by atoms with Gasteiger partial charge in [-0.1, -0.05) is 123 Å². The van der Waals surface area contributed by atoms with Crippen molar-refractivity contribution in [3.05, 3.63) is 71.8 Å². The largest absolute Gasteiger partial charge is 0.395 e. The standard InChI is InChI=1S/C15H25NO.C13H19Br.C2H7NO.CH3F.CH4/c17-14-13-16-12-8-3-1-2-5-9-15-10-6-4-7-11-15;14-12-8-3-1-2-5-9-13-10-6-4-7-11-13;3-1-2-4;1-2;/h4,6-7,10-11,16-17H,1-3,5,8-9,12-14H2;4,6-7,10-11H,1-3,5,8-9,12H2;4H,1-3H2;1H3;1H4/i;;;1D;. The summed E-state index contributed by atoms with van der Waals surface area (Å²) in [6.07, 6.45) is 15.7. The minimum atomic E-state index is -1.00. The molecule has 0 aliphatic rings. The fourth-order valence-electron chi connectivity index (χ4n) is 3.56. The number of nitrogens with one attached hydrogen (secondary N) is 1. The first-order chi connectivity index (χ1) is 18.7. The van der Waals surface area contributed by atoms with Gasteiger partial charge in [0, 0.05) is 18.4 Å². The van der Waals surface area contributed by atoms with E-state index in [4.69, 9.17) is 17.3 Å². The van der Waals surface area contributed by atoms with Crippen LogP contribution in [0.3, 0.4) is 0 Å². The molecule has 38 heavy (non-hydrogen) atoms. The SMILES string of the molecule is BrCCCCCCCc1ccccc1.C.NCCO.OCCNCCCCCCCc1ccccc1.[2H]CF. The number of rotatable bonds is 18. The van der Waals surface area contributed by atoms with Crippen molar-refractivity contribution in [3.8, 4) is 0 Å². The van der Waals surface area contributed by atoms with Gasteiger partial charge in [-0.25, -0.2) is 0 Å². The Morgan fingerprint density at radius 2 is 1.11 bits per heavy atom. The van der Waals surface area contributed by atoms with Crippen LogP contribution in [-0.2, 0) is 12.8 Å². The third-order valence-electron chi connectivity index (χ3n) is 5.52. The van der Waals surface area contributed by atoms with Crippen molar-refractivity contribution in [2.45, 2.75) is 84.5 Å². The molecule has 0 aliphatic carbocycles. The van der Waals surface area contributed by atoms with E-state index in [2.05, 4.69) is 81.9 Å². The maximum atomic E-state index is 9.96. The average Bonchev–Trinajstić information content (AvgIpc) is 2.96. The lowest BCUT2D eigenvalue weighted by molar-refractivity contribution is 0.292. The normalized spacial score (nSPS) is 9.87. The number of aliphatic hydroxyl groups excluding tert-OH is 2. The second-order valence-electron chi connectivity index (χ2n) is 8.68. The van der Waals surface area contributed by atoms with Gasteiger partial charge in [-0.05, 0) is 56.2 Å². The molecule has 2 aromatic carbocycles. The van der Waals surface area contributed by atoms with Crippen LogP contribution in [-0.4, -0.2) is 55.5 Å². The Labute approximate surface area is 244 Å². The third-order valence-corrected chi connectivity index (χ3v) is 6.08.